The Morgan fingerprint density at radius 1 is 0.784 bits per heavy atom. The van der Waals surface area contributed by atoms with Gasteiger partial charge in [-0.05, 0) is 91.8 Å². The van der Waals surface area contributed by atoms with E-state index < -0.39 is 11.8 Å². The molecule has 4 aromatic rings. The predicted octanol–water partition coefficient (Wildman–Crippen LogP) is 7.62. The van der Waals surface area contributed by atoms with Crippen molar-refractivity contribution in [3.05, 3.63) is 111 Å². The average molecular weight is 547 g/mol. The number of benzene rings is 3. The molecule has 0 spiro atoms. The second kappa shape index (κ2) is 9.98. The number of hydrogen-bond acceptors (Lipinski definition) is 4. The monoisotopic (exact) mass is 546 g/mol. The van der Waals surface area contributed by atoms with Crippen molar-refractivity contribution in [2.75, 3.05) is 9.80 Å². The molecule has 1 fully saturated rings. The highest BCUT2D eigenvalue weighted by molar-refractivity contribution is 7.81. The molecule has 1 aromatic heterocycles. The Morgan fingerprint density at radius 2 is 1.49 bits per heavy atom. The van der Waals surface area contributed by atoms with Crippen molar-refractivity contribution in [2.45, 2.75) is 13.8 Å². The topological polar surface area (TPSA) is 53.8 Å². The summed E-state index contributed by atoms with van der Waals surface area (Å²) in [7, 11) is 0. The molecular formula is C29H20Cl2N2O3S. The fourth-order valence-corrected chi connectivity index (χ4v) is 4.81. The van der Waals surface area contributed by atoms with Crippen LogP contribution in [0.2, 0.25) is 10.0 Å². The molecule has 2 heterocycles. The Labute approximate surface area is 229 Å². The van der Waals surface area contributed by atoms with Crippen molar-refractivity contribution in [3.63, 3.8) is 0 Å². The van der Waals surface area contributed by atoms with Gasteiger partial charge in [-0.15, -0.1) is 0 Å². The minimum Gasteiger partial charge on any atom is -0.457 e. The van der Waals surface area contributed by atoms with Crippen molar-refractivity contribution in [1.29, 1.82) is 0 Å². The van der Waals surface area contributed by atoms with E-state index in [4.69, 9.17) is 39.8 Å². The molecule has 1 aliphatic heterocycles. The molecule has 0 radical (unpaired) electrons. The highest BCUT2D eigenvalue weighted by Gasteiger charge is 2.41. The number of thiocarbonyl (C=S) groups is 1. The second-order valence-electron chi connectivity index (χ2n) is 8.53. The molecule has 0 aliphatic carbocycles. The molecule has 0 atom stereocenters. The summed E-state index contributed by atoms with van der Waals surface area (Å²) in [5.41, 5.74) is 3.71. The first-order chi connectivity index (χ1) is 17.8. The summed E-state index contributed by atoms with van der Waals surface area (Å²) < 4.78 is 5.95. The number of furan rings is 1. The van der Waals surface area contributed by atoms with E-state index in [2.05, 4.69) is 0 Å². The van der Waals surface area contributed by atoms with E-state index in [0.717, 1.165) is 11.1 Å². The van der Waals surface area contributed by atoms with E-state index in [9.17, 15) is 9.59 Å². The lowest BCUT2D eigenvalue weighted by atomic mass is 10.1. The van der Waals surface area contributed by atoms with Crippen LogP contribution in [0.15, 0.2) is 88.9 Å². The molecule has 2 amide bonds. The zero-order valence-corrected chi connectivity index (χ0v) is 22.2. The number of carbonyl (C=O) groups is 2. The third kappa shape index (κ3) is 4.60. The summed E-state index contributed by atoms with van der Waals surface area (Å²) in [5, 5.41) is 0.820. The van der Waals surface area contributed by atoms with Gasteiger partial charge in [0.05, 0.1) is 21.4 Å². The van der Waals surface area contributed by atoms with Crippen LogP contribution in [0.1, 0.15) is 16.9 Å². The number of amides is 2. The maximum absolute atomic E-state index is 13.7. The quantitative estimate of drug-likeness (QED) is 0.150. The Bertz CT molecular complexity index is 1590. The molecule has 8 heteroatoms. The summed E-state index contributed by atoms with van der Waals surface area (Å²) >= 11 is 18.2. The Hall–Kier alpha value is -3.71. The van der Waals surface area contributed by atoms with Gasteiger partial charge in [0.25, 0.3) is 11.8 Å². The summed E-state index contributed by atoms with van der Waals surface area (Å²) in [4.78, 5) is 30.1. The van der Waals surface area contributed by atoms with Crippen LogP contribution in [0.3, 0.4) is 0 Å². The molecule has 0 N–H and O–H groups in total. The summed E-state index contributed by atoms with van der Waals surface area (Å²) in [6.45, 7) is 3.94. The molecular weight excluding hydrogens is 527 g/mol. The van der Waals surface area contributed by atoms with Gasteiger partial charge >= 0.3 is 0 Å². The minimum atomic E-state index is -0.542. The zero-order chi connectivity index (χ0) is 26.3. The molecule has 1 saturated heterocycles. The van der Waals surface area contributed by atoms with Crippen LogP contribution in [0, 0.1) is 13.8 Å². The van der Waals surface area contributed by atoms with Gasteiger partial charge < -0.3 is 4.42 Å². The van der Waals surface area contributed by atoms with Gasteiger partial charge in [-0.3, -0.25) is 19.4 Å². The van der Waals surface area contributed by atoms with E-state index >= 15 is 0 Å². The predicted molar refractivity (Wildman–Crippen MR) is 152 cm³/mol. The molecule has 0 saturated carbocycles. The van der Waals surface area contributed by atoms with Crippen LogP contribution < -0.4 is 9.80 Å². The molecule has 37 heavy (non-hydrogen) atoms. The fraction of sp³-hybridized carbons (Fsp3) is 0.0690. The maximum Gasteiger partial charge on any atom is 0.270 e. The second-order valence-corrected chi connectivity index (χ2v) is 9.68. The van der Waals surface area contributed by atoms with E-state index in [1.165, 1.54) is 15.9 Å². The molecule has 5 rings (SSSR count). The van der Waals surface area contributed by atoms with Gasteiger partial charge in [-0.2, -0.15) is 0 Å². The Balaban J connectivity index is 1.61. The largest absolute Gasteiger partial charge is 0.457 e. The normalized spacial score (nSPS) is 15.1. The molecule has 0 unspecified atom stereocenters. The van der Waals surface area contributed by atoms with Crippen LogP contribution >= 0.6 is 35.4 Å². The van der Waals surface area contributed by atoms with Crippen LogP contribution in [0.5, 0.6) is 0 Å². The van der Waals surface area contributed by atoms with Gasteiger partial charge in [-0.25, -0.2) is 0 Å². The number of nitrogens with zero attached hydrogens (tertiary/aromatic N) is 2. The zero-order valence-electron chi connectivity index (χ0n) is 19.9. The SMILES string of the molecule is Cc1ccc(N2C(=O)C(=Cc3ccc(-c4cccc(Cl)c4Cl)o3)C(=O)N(c3ccccc3)C2=S)cc1C. The number of anilines is 2. The van der Waals surface area contributed by atoms with E-state index in [-0.39, 0.29) is 10.7 Å². The van der Waals surface area contributed by atoms with Crippen molar-refractivity contribution in [3.8, 4) is 11.3 Å². The van der Waals surface area contributed by atoms with Gasteiger partial charge in [-0.1, -0.05) is 53.5 Å². The first kappa shape index (κ1) is 25.0. The minimum absolute atomic E-state index is 0.0763. The summed E-state index contributed by atoms with van der Waals surface area (Å²) in [6.07, 6.45) is 1.43. The molecule has 0 bridgehead atoms. The maximum atomic E-state index is 13.7. The lowest BCUT2D eigenvalue weighted by Gasteiger charge is -2.36. The van der Waals surface area contributed by atoms with Gasteiger partial charge in [0.15, 0.2) is 5.11 Å². The van der Waals surface area contributed by atoms with Crippen LogP contribution in [0.4, 0.5) is 11.4 Å². The van der Waals surface area contributed by atoms with Crippen molar-refractivity contribution < 1.29 is 14.0 Å². The third-order valence-corrected chi connectivity index (χ3v) is 7.33. The molecule has 5 nitrogen and oxygen atoms in total. The molecule has 3 aromatic carbocycles. The number of para-hydroxylation sites is 1. The van der Waals surface area contributed by atoms with Gasteiger partial charge in [0, 0.05) is 5.56 Å². The van der Waals surface area contributed by atoms with E-state index in [1.807, 2.05) is 38.1 Å². The Kier molecular flexibility index (Phi) is 6.73. The highest BCUT2D eigenvalue weighted by atomic mass is 35.5. The van der Waals surface area contributed by atoms with Crippen molar-refractivity contribution in [2.24, 2.45) is 0 Å². The van der Waals surface area contributed by atoms with Crippen molar-refractivity contribution >= 4 is 69.8 Å². The van der Waals surface area contributed by atoms with Crippen molar-refractivity contribution in [1.82, 2.24) is 0 Å². The first-order valence-electron chi connectivity index (χ1n) is 11.4. The first-order valence-corrected chi connectivity index (χ1v) is 12.5. The lowest BCUT2D eigenvalue weighted by Crippen LogP contribution is -2.57. The number of rotatable bonds is 4. The van der Waals surface area contributed by atoms with Crippen LogP contribution in [0.25, 0.3) is 17.4 Å². The molecule has 1 aliphatic rings. The number of hydrogen-bond donors (Lipinski definition) is 0. The average Bonchev–Trinajstić information content (AvgIpc) is 3.35. The lowest BCUT2D eigenvalue weighted by molar-refractivity contribution is -0.120. The van der Waals surface area contributed by atoms with Crippen LogP contribution in [-0.4, -0.2) is 16.9 Å². The Morgan fingerprint density at radius 3 is 2.19 bits per heavy atom. The smallest absolute Gasteiger partial charge is 0.270 e. The van der Waals surface area contributed by atoms with Gasteiger partial charge in [0.1, 0.15) is 17.1 Å². The summed E-state index contributed by atoms with van der Waals surface area (Å²) in [5.74, 6) is -0.315. The van der Waals surface area contributed by atoms with Gasteiger partial charge in [0.2, 0.25) is 0 Å². The molecule has 184 valence electrons. The standard InChI is InChI=1S/C29H20Cl2N2O3S/c1-17-11-12-20(15-18(17)2)33-28(35)23(27(34)32(29(33)37)19-7-4-3-5-8-19)16-21-13-14-25(36-21)22-9-6-10-24(30)26(22)31/h3-16H,1-2H3. The van der Waals surface area contributed by atoms with E-state index in [1.54, 1.807) is 54.6 Å². The van der Waals surface area contributed by atoms with Crippen LogP contribution in [-0.2, 0) is 9.59 Å². The number of carbonyl (C=O) groups excluding carboxylic acids is 2. The number of aryl methyl sites for hydroxylation is 2. The third-order valence-electron chi connectivity index (χ3n) is 6.14. The van der Waals surface area contributed by atoms with E-state index in [0.29, 0.717) is 38.5 Å². The number of halogens is 2. The highest BCUT2D eigenvalue weighted by Crippen LogP contribution is 2.35. The fourth-order valence-electron chi connectivity index (χ4n) is 4.04. The summed E-state index contributed by atoms with van der Waals surface area (Å²) in [6, 6.07) is 23.2.